The molecule has 1 unspecified atom stereocenters. The summed E-state index contributed by atoms with van der Waals surface area (Å²) in [6.07, 6.45) is 2.32. The molecule has 4 nitrogen and oxygen atoms in total. The fourth-order valence-corrected chi connectivity index (χ4v) is 4.26. The van der Waals surface area contributed by atoms with Crippen molar-refractivity contribution in [3.63, 3.8) is 0 Å². The molecule has 3 rings (SSSR count). The van der Waals surface area contributed by atoms with Crippen LogP contribution < -0.4 is 9.90 Å². The number of alkyl halides is 1. The average Bonchev–Trinajstić information content (AvgIpc) is 3.05. The van der Waals surface area contributed by atoms with E-state index in [-0.39, 0.29) is 22.5 Å². The van der Waals surface area contributed by atoms with Gasteiger partial charge >= 0.3 is 0 Å². The molecule has 5 heteroatoms. The van der Waals surface area contributed by atoms with Gasteiger partial charge in [0.15, 0.2) is 11.5 Å². The molecular formula is C27H34ClNO3. The van der Waals surface area contributed by atoms with Gasteiger partial charge in [-0.3, -0.25) is 9.59 Å². The van der Waals surface area contributed by atoms with Crippen molar-refractivity contribution in [3.05, 3.63) is 58.7 Å². The Balaban J connectivity index is 2.10. The molecule has 0 saturated carbocycles. The van der Waals surface area contributed by atoms with Crippen LogP contribution >= 0.6 is 11.6 Å². The van der Waals surface area contributed by atoms with Gasteiger partial charge in [-0.2, -0.15) is 0 Å². The highest BCUT2D eigenvalue weighted by atomic mass is 35.5. The zero-order valence-electron chi connectivity index (χ0n) is 20.2. The van der Waals surface area contributed by atoms with E-state index in [0.29, 0.717) is 23.4 Å². The molecule has 0 saturated heterocycles. The number of anilines is 1. The number of nitrogens with zero attached hydrogens (tertiary/aromatic N) is 1. The minimum absolute atomic E-state index is 0.0351. The van der Waals surface area contributed by atoms with E-state index in [0.717, 1.165) is 24.0 Å². The number of rotatable bonds is 7. The summed E-state index contributed by atoms with van der Waals surface area (Å²) in [5, 5.41) is 0.695. The van der Waals surface area contributed by atoms with E-state index < -0.39 is 5.38 Å². The topological polar surface area (TPSA) is 46.6 Å². The first-order valence-corrected chi connectivity index (χ1v) is 11.8. The highest BCUT2D eigenvalue weighted by Gasteiger charge is 2.34. The van der Waals surface area contributed by atoms with Crippen molar-refractivity contribution in [2.45, 2.75) is 83.9 Å². The quantitative estimate of drug-likeness (QED) is 0.342. The number of hydrogen-bond donors (Lipinski definition) is 0. The summed E-state index contributed by atoms with van der Waals surface area (Å²) in [5.41, 5.74) is 4.09. The minimum atomic E-state index is -0.606. The second-order valence-corrected chi connectivity index (χ2v) is 10.5. The van der Waals surface area contributed by atoms with Crippen LogP contribution in [0.3, 0.4) is 0 Å². The second-order valence-electron chi connectivity index (χ2n) is 9.93. The molecule has 172 valence electrons. The van der Waals surface area contributed by atoms with Crippen molar-refractivity contribution in [1.82, 2.24) is 0 Å². The Labute approximate surface area is 196 Å². The lowest BCUT2D eigenvalue weighted by Gasteiger charge is -2.32. The van der Waals surface area contributed by atoms with Gasteiger partial charge in [0, 0.05) is 18.1 Å². The van der Waals surface area contributed by atoms with E-state index in [4.69, 9.17) is 16.4 Å². The number of hydroxylamine groups is 1. The minimum Gasteiger partial charge on any atom is -0.372 e. The van der Waals surface area contributed by atoms with Crippen molar-refractivity contribution in [3.8, 4) is 5.75 Å². The van der Waals surface area contributed by atoms with Crippen LogP contribution in [-0.2, 0) is 22.0 Å². The summed E-state index contributed by atoms with van der Waals surface area (Å²) in [6.45, 7) is 14.7. The molecule has 0 fully saturated rings. The van der Waals surface area contributed by atoms with Crippen LogP contribution in [0, 0.1) is 0 Å². The zero-order chi connectivity index (χ0) is 23.8. The molecule has 0 bridgehead atoms. The Kier molecular flexibility index (Phi) is 6.76. The predicted molar refractivity (Wildman–Crippen MR) is 131 cm³/mol. The lowest BCUT2D eigenvalue weighted by molar-refractivity contribution is -0.120. The van der Waals surface area contributed by atoms with Crippen LogP contribution in [0.25, 0.3) is 0 Å². The van der Waals surface area contributed by atoms with Crippen LogP contribution in [0.4, 0.5) is 5.69 Å². The lowest BCUT2D eigenvalue weighted by atomic mass is 9.76. The average molecular weight is 456 g/mol. The first kappa shape index (κ1) is 24.3. The highest BCUT2D eigenvalue weighted by molar-refractivity contribution is 6.35. The smallest absolute Gasteiger partial charge is 0.256 e. The summed E-state index contributed by atoms with van der Waals surface area (Å²) in [5.74, 6) is 0.278. The Hall–Kier alpha value is -2.33. The van der Waals surface area contributed by atoms with Crippen molar-refractivity contribution in [2.24, 2.45) is 0 Å². The monoisotopic (exact) mass is 455 g/mol. The van der Waals surface area contributed by atoms with Gasteiger partial charge in [0.05, 0.1) is 5.69 Å². The fourth-order valence-electron chi connectivity index (χ4n) is 3.99. The summed E-state index contributed by atoms with van der Waals surface area (Å²) < 4.78 is 0. The number of carbonyl (C=O) groups excluding carboxylic acids is 2. The normalized spacial score (nSPS) is 16.1. The third-order valence-corrected chi connectivity index (χ3v) is 7.39. The van der Waals surface area contributed by atoms with E-state index in [1.165, 1.54) is 17.6 Å². The number of carbonyl (C=O) groups is 2. The van der Waals surface area contributed by atoms with Gasteiger partial charge in [-0.1, -0.05) is 65.8 Å². The summed E-state index contributed by atoms with van der Waals surface area (Å²) in [7, 11) is 0. The van der Waals surface area contributed by atoms with E-state index in [1.807, 2.05) is 12.1 Å². The molecule has 1 amide bonds. The zero-order valence-corrected chi connectivity index (χ0v) is 21.0. The maximum absolute atomic E-state index is 12.7. The van der Waals surface area contributed by atoms with Gasteiger partial charge in [-0.25, -0.2) is 0 Å². The number of amides is 1. The van der Waals surface area contributed by atoms with Crippen LogP contribution in [-0.4, -0.2) is 17.1 Å². The van der Waals surface area contributed by atoms with E-state index in [1.54, 1.807) is 12.1 Å². The van der Waals surface area contributed by atoms with Crippen molar-refractivity contribution in [2.75, 3.05) is 5.06 Å². The Bertz CT molecular complexity index is 1040. The molecular weight excluding hydrogens is 422 g/mol. The van der Waals surface area contributed by atoms with Gasteiger partial charge in [0.25, 0.3) is 5.91 Å². The van der Waals surface area contributed by atoms with Crippen molar-refractivity contribution < 1.29 is 14.4 Å². The third kappa shape index (κ3) is 4.43. The Morgan fingerprint density at radius 3 is 2.34 bits per heavy atom. The first-order valence-electron chi connectivity index (χ1n) is 11.4. The molecule has 1 aliphatic rings. The maximum atomic E-state index is 12.7. The number of fused-ring (bicyclic) bond motifs is 1. The standard InChI is InChI=1S/C27H34ClNO3/c1-8-26(4,5)18-13-14-24(21(15-18)27(6,7)9-2)32-29(17(3)30)23-12-10-11-19-20(23)16-22(28)25(19)31/h10-15,22H,8-9,16H2,1-7H3. The highest BCUT2D eigenvalue weighted by Crippen LogP contribution is 2.40. The molecule has 2 aromatic carbocycles. The summed E-state index contributed by atoms with van der Waals surface area (Å²) in [6, 6.07) is 11.6. The summed E-state index contributed by atoms with van der Waals surface area (Å²) in [4.78, 5) is 31.4. The molecule has 0 spiro atoms. The van der Waals surface area contributed by atoms with Gasteiger partial charge in [-0.15, -0.1) is 16.7 Å². The van der Waals surface area contributed by atoms with Crippen LogP contribution in [0.15, 0.2) is 36.4 Å². The first-order chi connectivity index (χ1) is 14.9. The number of halogens is 1. The SMILES string of the molecule is CCC(C)(C)c1ccc(ON(C(C)=O)c2cccc3c2CC(Cl)C3=O)c(C(C)(C)CC)c1. The number of Topliss-reactive ketones (excluding diaryl/α,β-unsaturated/α-hetero) is 1. The second kappa shape index (κ2) is 8.90. The molecule has 0 radical (unpaired) electrons. The van der Waals surface area contributed by atoms with Crippen LogP contribution in [0.5, 0.6) is 5.75 Å². The van der Waals surface area contributed by atoms with Gasteiger partial charge < -0.3 is 4.84 Å². The van der Waals surface area contributed by atoms with Gasteiger partial charge in [0.1, 0.15) is 5.38 Å². The largest absolute Gasteiger partial charge is 0.372 e. The fraction of sp³-hybridized carbons (Fsp3) is 0.481. The number of hydrogen-bond acceptors (Lipinski definition) is 3. The van der Waals surface area contributed by atoms with Crippen LogP contribution in [0.1, 0.15) is 88.4 Å². The van der Waals surface area contributed by atoms with E-state index in [9.17, 15) is 9.59 Å². The maximum Gasteiger partial charge on any atom is 0.256 e. The molecule has 0 heterocycles. The third-order valence-electron chi connectivity index (χ3n) is 7.04. The predicted octanol–water partition coefficient (Wildman–Crippen LogP) is 6.75. The van der Waals surface area contributed by atoms with E-state index >= 15 is 0 Å². The molecule has 0 aliphatic heterocycles. The molecule has 32 heavy (non-hydrogen) atoms. The van der Waals surface area contributed by atoms with Gasteiger partial charge in [0.2, 0.25) is 0 Å². The Morgan fingerprint density at radius 1 is 1.09 bits per heavy atom. The number of ketones is 1. The number of benzene rings is 2. The van der Waals surface area contributed by atoms with Crippen molar-refractivity contribution in [1.29, 1.82) is 0 Å². The van der Waals surface area contributed by atoms with Crippen LogP contribution in [0.2, 0.25) is 0 Å². The van der Waals surface area contributed by atoms with Gasteiger partial charge in [-0.05, 0) is 53.4 Å². The molecule has 0 N–H and O–H groups in total. The van der Waals surface area contributed by atoms with Crippen molar-refractivity contribution >= 4 is 29.0 Å². The molecule has 2 aromatic rings. The Morgan fingerprint density at radius 2 is 1.75 bits per heavy atom. The molecule has 1 atom stereocenters. The molecule has 1 aliphatic carbocycles. The lowest BCUT2D eigenvalue weighted by Crippen LogP contribution is -2.34. The van der Waals surface area contributed by atoms with E-state index in [2.05, 4.69) is 53.7 Å². The molecule has 0 aromatic heterocycles. The summed E-state index contributed by atoms with van der Waals surface area (Å²) >= 11 is 6.23.